The van der Waals surface area contributed by atoms with Gasteiger partial charge in [-0.05, 0) is 110 Å². The summed E-state index contributed by atoms with van der Waals surface area (Å²) in [6, 6.07) is 0. The molecule has 0 radical (unpaired) electrons. The third-order valence-electron chi connectivity index (χ3n) is 11.0. The van der Waals surface area contributed by atoms with E-state index in [2.05, 4.69) is 27.7 Å². The van der Waals surface area contributed by atoms with E-state index in [0.717, 1.165) is 44.4 Å². The summed E-state index contributed by atoms with van der Waals surface area (Å²) in [4.78, 5) is 0. The van der Waals surface area contributed by atoms with E-state index in [1.54, 1.807) is 0 Å². The van der Waals surface area contributed by atoms with Gasteiger partial charge in [-0.2, -0.15) is 0 Å². The van der Waals surface area contributed by atoms with Crippen LogP contribution < -0.4 is 0 Å². The fourth-order valence-corrected chi connectivity index (χ4v) is 9.55. The first kappa shape index (κ1) is 22.1. The van der Waals surface area contributed by atoms with Crippen LogP contribution in [0.15, 0.2) is 0 Å². The van der Waals surface area contributed by atoms with Crippen molar-refractivity contribution >= 4 is 0 Å². The molecule has 4 aliphatic carbocycles. The normalized spacial score (nSPS) is 53.1. The molecule has 0 amide bonds. The van der Waals surface area contributed by atoms with Crippen molar-refractivity contribution in [3.8, 4) is 0 Å². The zero-order valence-corrected chi connectivity index (χ0v) is 19.3. The Labute approximate surface area is 178 Å². The molecular formula is C26H46O3. The number of hydrogen-bond donors (Lipinski definition) is 3. The second-order valence-electron chi connectivity index (χ2n) is 12.0. The summed E-state index contributed by atoms with van der Waals surface area (Å²) >= 11 is 0. The fourth-order valence-electron chi connectivity index (χ4n) is 9.55. The van der Waals surface area contributed by atoms with Crippen LogP contribution >= 0.6 is 0 Å². The van der Waals surface area contributed by atoms with Crippen LogP contribution in [0.3, 0.4) is 0 Å². The predicted octanol–water partition coefficient (Wildman–Crippen LogP) is 5.02. The molecule has 4 aliphatic rings. The van der Waals surface area contributed by atoms with Crippen molar-refractivity contribution in [2.45, 2.75) is 104 Å². The largest absolute Gasteiger partial charge is 0.396 e. The Morgan fingerprint density at radius 1 is 0.931 bits per heavy atom. The maximum absolute atomic E-state index is 11.7. The molecule has 0 aliphatic heterocycles. The molecule has 0 aromatic carbocycles. The minimum absolute atomic E-state index is 0.164. The Balaban J connectivity index is 1.63. The lowest BCUT2D eigenvalue weighted by atomic mass is 9.41. The van der Waals surface area contributed by atoms with Crippen molar-refractivity contribution < 1.29 is 15.3 Å². The Morgan fingerprint density at radius 3 is 2.31 bits per heavy atom. The summed E-state index contributed by atoms with van der Waals surface area (Å²) in [5.74, 6) is 3.97. The van der Waals surface area contributed by atoms with E-state index in [0.29, 0.717) is 52.9 Å². The SMILES string of the molecule is CC[C@H]1C(O)C2C3CCC([C@H](C)CCCO)[C@@]3(C)CCC2[C@@]2(C)CC[C@@H](O)C[C@@H]12. The van der Waals surface area contributed by atoms with Gasteiger partial charge in [-0.25, -0.2) is 0 Å². The average Bonchev–Trinajstić information content (AvgIpc) is 3.05. The van der Waals surface area contributed by atoms with Gasteiger partial charge in [0, 0.05) is 6.61 Å². The summed E-state index contributed by atoms with van der Waals surface area (Å²) in [6.07, 6.45) is 10.9. The summed E-state index contributed by atoms with van der Waals surface area (Å²) < 4.78 is 0. The van der Waals surface area contributed by atoms with Crippen molar-refractivity contribution in [1.82, 2.24) is 0 Å². The molecule has 11 atom stereocenters. The van der Waals surface area contributed by atoms with Crippen molar-refractivity contribution in [3.63, 3.8) is 0 Å². The van der Waals surface area contributed by atoms with Crippen LogP contribution in [-0.2, 0) is 0 Å². The zero-order chi connectivity index (χ0) is 21.0. The molecular weight excluding hydrogens is 360 g/mol. The lowest BCUT2D eigenvalue weighted by molar-refractivity contribution is -0.203. The highest BCUT2D eigenvalue weighted by Crippen LogP contribution is 2.69. The minimum atomic E-state index is -0.190. The number of rotatable bonds is 5. The van der Waals surface area contributed by atoms with Crippen LogP contribution in [0.1, 0.15) is 91.9 Å². The molecule has 3 N–H and O–H groups in total. The summed E-state index contributed by atoms with van der Waals surface area (Å²) in [5.41, 5.74) is 0.651. The van der Waals surface area contributed by atoms with Crippen LogP contribution in [0.2, 0.25) is 0 Å². The second kappa shape index (κ2) is 8.10. The van der Waals surface area contributed by atoms with E-state index in [1.165, 1.54) is 25.7 Å². The van der Waals surface area contributed by atoms with Crippen LogP contribution in [0.5, 0.6) is 0 Å². The van der Waals surface area contributed by atoms with Gasteiger partial charge in [-0.15, -0.1) is 0 Å². The molecule has 0 bridgehead atoms. The van der Waals surface area contributed by atoms with E-state index in [1.807, 2.05) is 0 Å². The van der Waals surface area contributed by atoms with Crippen LogP contribution in [-0.4, -0.2) is 34.1 Å². The molecule has 5 unspecified atom stereocenters. The molecule has 4 fully saturated rings. The van der Waals surface area contributed by atoms with Crippen LogP contribution in [0.4, 0.5) is 0 Å². The van der Waals surface area contributed by atoms with Crippen molar-refractivity contribution in [1.29, 1.82) is 0 Å². The minimum Gasteiger partial charge on any atom is -0.396 e. The monoisotopic (exact) mass is 406 g/mol. The number of aliphatic hydroxyl groups excluding tert-OH is 3. The van der Waals surface area contributed by atoms with Crippen molar-refractivity contribution in [3.05, 3.63) is 0 Å². The first-order valence-electron chi connectivity index (χ1n) is 12.7. The average molecular weight is 407 g/mol. The summed E-state index contributed by atoms with van der Waals surface area (Å²) in [5, 5.41) is 31.4. The third-order valence-corrected chi connectivity index (χ3v) is 11.0. The van der Waals surface area contributed by atoms with E-state index < -0.39 is 0 Å². The lowest BCUT2D eigenvalue weighted by Gasteiger charge is -2.64. The Bertz CT molecular complexity index is 578. The molecule has 29 heavy (non-hydrogen) atoms. The third kappa shape index (κ3) is 3.33. The van der Waals surface area contributed by atoms with Gasteiger partial charge in [0.2, 0.25) is 0 Å². The molecule has 0 heterocycles. The Hall–Kier alpha value is -0.120. The second-order valence-corrected chi connectivity index (χ2v) is 12.0. The van der Waals surface area contributed by atoms with Crippen LogP contribution in [0.25, 0.3) is 0 Å². The van der Waals surface area contributed by atoms with E-state index in [4.69, 9.17) is 0 Å². The highest BCUT2D eigenvalue weighted by Gasteiger charge is 2.64. The molecule has 168 valence electrons. The number of hydrogen-bond acceptors (Lipinski definition) is 3. The summed E-state index contributed by atoms with van der Waals surface area (Å²) in [6.45, 7) is 10.0. The van der Waals surface area contributed by atoms with Gasteiger partial charge < -0.3 is 15.3 Å². The van der Waals surface area contributed by atoms with Gasteiger partial charge in [0.1, 0.15) is 0 Å². The molecule has 0 aromatic heterocycles. The molecule has 0 aromatic rings. The van der Waals surface area contributed by atoms with Gasteiger partial charge in [-0.1, -0.05) is 34.1 Å². The van der Waals surface area contributed by atoms with Gasteiger partial charge in [-0.3, -0.25) is 0 Å². The lowest BCUT2D eigenvalue weighted by Crippen LogP contribution is -2.62. The van der Waals surface area contributed by atoms with Gasteiger partial charge >= 0.3 is 0 Å². The number of aliphatic hydroxyl groups is 3. The van der Waals surface area contributed by atoms with Crippen molar-refractivity contribution in [2.75, 3.05) is 6.61 Å². The van der Waals surface area contributed by atoms with Gasteiger partial charge in [0.05, 0.1) is 12.2 Å². The maximum Gasteiger partial charge on any atom is 0.0605 e. The predicted molar refractivity (Wildman–Crippen MR) is 117 cm³/mol. The quantitative estimate of drug-likeness (QED) is 0.601. The van der Waals surface area contributed by atoms with E-state index >= 15 is 0 Å². The summed E-state index contributed by atoms with van der Waals surface area (Å²) in [7, 11) is 0. The molecule has 3 heteroatoms. The molecule has 4 rings (SSSR count). The maximum atomic E-state index is 11.7. The zero-order valence-electron chi connectivity index (χ0n) is 19.3. The smallest absolute Gasteiger partial charge is 0.0605 e. The van der Waals surface area contributed by atoms with Gasteiger partial charge in [0.15, 0.2) is 0 Å². The van der Waals surface area contributed by atoms with E-state index in [-0.39, 0.29) is 12.2 Å². The Kier molecular flexibility index (Phi) is 6.17. The van der Waals surface area contributed by atoms with Crippen LogP contribution in [0, 0.1) is 52.3 Å². The Morgan fingerprint density at radius 2 is 1.62 bits per heavy atom. The highest BCUT2D eigenvalue weighted by atomic mass is 16.3. The molecule has 4 saturated carbocycles. The van der Waals surface area contributed by atoms with Gasteiger partial charge in [0.25, 0.3) is 0 Å². The first-order chi connectivity index (χ1) is 13.8. The standard InChI is InChI=1S/C26H46O3/c1-5-18-22-15-17(28)10-12-26(22,4)21-11-13-25(3)19(16(2)7-6-14-27)8-9-20(25)23(21)24(18)29/h16-24,27-29H,5-15H2,1-4H3/t16-,17-,18-,19?,20?,21?,22+,23?,24?,25-,26-/m1/s1. The highest BCUT2D eigenvalue weighted by molar-refractivity contribution is 5.13. The van der Waals surface area contributed by atoms with E-state index in [9.17, 15) is 15.3 Å². The fraction of sp³-hybridized carbons (Fsp3) is 1.00. The van der Waals surface area contributed by atoms with Crippen molar-refractivity contribution in [2.24, 2.45) is 52.3 Å². The topological polar surface area (TPSA) is 60.7 Å². The molecule has 0 spiro atoms. The number of fused-ring (bicyclic) bond motifs is 5. The first-order valence-corrected chi connectivity index (χ1v) is 12.7. The molecule has 0 saturated heterocycles. The molecule has 3 nitrogen and oxygen atoms in total.